The van der Waals surface area contributed by atoms with E-state index in [1.807, 2.05) is 20.2 Å². The minimum atomic E-state index is -0.441. The van der Waals surface area contributed by atoms with Crippen molar-refractivity contribution in [3.8, 4) is 0 Å². The van der Waals surface area contributed by atoms with Crippen LogP contribution in [0.5, 0.6) is 0 Å². The normalized spacial score (nSPS) is 17.7. The molecule has 1 atom stereocenters. The maximum absolute atomic E-state index is 14.0. The molecule has 0 radical (unpaired) electrons. The number of aromatic nitrogens is 2. The standard InChI is InChI=1S/C16H19F2N3/c1-11(12-8-20-21(2)9-12)19-10-16(6-7-16)15-13(17)4-3-5-14(15)18/h3-5,8-9,11,19H,6-7,10H2,1-2H3/t11-/m1/s1. The van der Waals surface area contributed by atoms with Crippen LogP contribution < -0.4 is 5.32 Å². The van der Waals surface area contributed by atoms with Crippen LogP contribution in [0.4, 0.5) is 8.78 Å². The maximum atomic E-state index is 14.0. The fourth-order valence-corrected chi connectivity index (χ4v) is 2.80. The summed E-state index contributed by atoms with van der Waals surface area (Å²) in [5, 5.41) is 7.52. The topological polar surface area (TPSA) is 29.9 Å². The molecule has 112 valence electrons. The van der Waals surface area contributed by atoms with Gasteiger partial charge in [-0.3, -0.25) is 4.68 Å². The molecule has 1 fully saturated rings. The second kappa shape index (κ2) is 5.22. The van der Waals surface area contributed by atoms with Gasteiger partial charge < -0.3 is 5.32 Å². The summed E-state index contributed by atoms with van der Waals surface area (Å²) < 4.78 is 29.7. The van der Waals surface area contributed by atoms with Crippen molar-refractivity contribution in [2.24, 2.45) is 7.05 Å². The van der Waals surface area contributed by atoms with E-state index >= 15 is 0 Å². The first-order valence-electron chi connectivity index (χ1n) is 7.18. The molecule has 3 nitrogen and oxygen atoms in total. The fourth-order valence-electron chi connectivity index (χ4n) is 2.80. The van der Waals surface area contributed by atoms with Gasteiger partial charge in [-0.1, -0.05) is 6.07 Å². The van der Waals surface area contributed by atoms with Crippen molar-refractivity contribution >= 4 is 0 Å². The van der Waals surface area contributed by atoms with E-state index in [1.165, 1.54) is 18.2 Å². The second-order valence-electron chi connectivity index (χ2n) is 5.93. The molecule has 5 heteroatoms. The number of benzene rings is 1. The molecule has 1 saturated carbocycles. The van der Waals surface area contributed by atoms with Crippen LogP contribution in [-0.4, -0.2) is 16.3 Å². The van der Waals surface area contributed by atoms with Crippen LogP contribution in [0.2, 0.25) is 0 Å². The number of hydrogen-bond donors (Lipinski definition) is 1. The van der Waals surface area contributed by atoms with Crippen molar-refractivity contribution in [3.05, 3.63) is 53.4 Å². The third-order valence-corrected chi connectivity index (χ3v) is 4.32. The predicted molar refractivity (Wildman–Crippen MR) is 76.9 cm³/mol. The van der Waals surface area contributed by atoms with Crippen LogP contribution in [-0.2, 0) is 12.5 Å². The quantitative estimate of drug-likeness (QED) is 0.917. The van der Waals surface area contributed by atoms with Gasteiger partial charge in [0.05, 0.1) is 6.20 Å². The van der Waals surface area contributed by atoms with E-state index in [4.69, 9.17) is 0 Å². The van der Waals surface area contributed by atoms with Gasteiger partial charge in [-0.05, 0) is 31.9 Å². The number of nitrogens with zero attached hydrogens (tertiary/aromatic N) is 2. The van der Waals surface area contributed by atoms with Gasteiger partial charge in [-0.2, -0.15) is 5.10 Å². The highest BCUT2D eigenvalue weighted by molar-refractivity contribution is 5.34. The molecule has 2 aromatic rings. The monoisotopic (exact) mass is 291 g/mol. The van der Waals surface area contributed by atoms with E-state index in [2.05, 4.69) is 10.4 Å². The van der Waals surface area contributed by atoms with Gasteiger partial charge in [0.1, 0.15) is 11.6 Å². The van der Waals surface area contributed by atoms with Gasteiger partial charge in [0, 0.05) is 42.4 Å². The van der Waals surface area contributed by atoms with E-state index in [1.54, 1.807) is 10.9 Å². The highest BCUT2D eigenvalue weighted by Gasteiger charge is 2.47. The Morgan fingerprint density at radius 3 is 2.52 bits per heavy atom. The Kier molecular flexibility index (Phi) is 3.53. The van der Waals surface area contributed by atoms with Crippen molar-refractivity contribution in [1.29, 1.82) is 0 Å². The first-order valence-corrected chi connectivity index (χ1v) is 7.18. The zero-order valence-corrected chi connectivity index (χ0v) is 12.2. The second-order valence-corrected chi connectivity index (χ2v) is 5.93. The Labute approximate surface area is 123 Å². The molecule has 1 aromatic carbocycles. The molecular formula is C16H19F2N3. The molecule has 0 aliphatic heterocycles. The molecule has 21 heavy (non-hydrogen) atoms. The predicted octanol–water partition coefficient (Wildman–Crippen LogP) is 3.08. The lowest BCUT2D eigenvalue weighted by Crippen LogP contribution is -2.30. The molecule has 1 aliphatic rings. The van der Waals surface area contributed by atoms with Crippen molar-refractivity contribution in [2.45, 2.75) is 31.2 Å². The maximum Gasteiger partial charge on any atom is 0.129 e. The SMILES string of the molecule is C[C@@H](NCC1(c2c(F)cccc2F)CC1)c1cnn(C)c1. The number of aryl methyl sites for hydroxylation is 1. The first kappa shape index (κ1) is 14.2. The van der Waals surface area contributed by atoms with Crippen molar-refractivity contribution < 1.29 is 8.78 Å². The Hall–Kier alpha value is -1.75. The zero-order chi connectivity index (χ0) is 15.0. The summed E-state index contributed by atoms with van der Waals surface area (Å²) in [5.74, 6) is -0.883. The van der Waals surface area contributed by atoms with Crippen LogP contribution in [0.25, 0.3) is 0 Å². The summed E-state index contributed by atoms with van der Waals surface area (Å²) >= 11 is 0. The van der Waals surface area contributed by atoms with Gasteiger partial charge in [-0.25, -0.2) is 8.78 Å². The third kappa shape index (κ3) is 2.70. The zero-order valence-electron chi connectivity index (χ0n) is 12.2. The summed E-state index contributed by atoms with van der Waals surface area (Å²) in [7, 11) is 1.87. The van der Waals surface area contributed by atoms with Gasteiger partial charge in [0.25, 0.3) is 0 Å². The van der Waals surface area contributed by atoms with Crippen LogP contribution in [0, 0.1) is 11.6 Å². The molecule has 1 aliphatic carbocycles. The molecule has 1 heterocycles. The Bertz CT molecular complexity index is 626. The Morgan fingerprint density at radius 1 is 1.33 bits per heavy atom. The van der Waals surface area contributed by atoms with E-state index in [0.717, 1.165) is 18.4 Å². The molecule has 0 spiro atoms. The lowest BCUT2D eigenvalue weighted by molar-refractivity contribution is 0.465. The average molecular weight is 291 g/mol. The number of rotatable bonds is 5. The molecule has 0 amide bonds. The molecule has 0 bridgehead atoms. The largest absolute Gasteiger partial charge is 0.309 e. The summed E-state index contributed by atoms with van der Waals surface area (Å²) in [6, 6.07) is 4.19. The molecular weight excluding hydrogens is 272 g/mol. The highest BCUT2D eigenvalue weighted by Crippen LogP contribution is 2.49. The Balaban J connectivity index is 1.73. The summed E-state index contributed by atoms with van der Waals surface area (Å²) in [6.07, 6.45) is 5.39. The smallest absolute Gasteiger partial charge is 0.129 e. The van der Waals surface area contributed by atoms with E-state index in [-0.39, 0.29) is 11.6 Å². The van der Waals surface area contributed by atoms with Crippen LogP contribution >= 0.6 is 0 Å². The number of halogens is 2. The van der Waals surface area contributed by atoms with Crippen molar-refractivity contribution in [2.75, 3.05) is 6.54 Å². The van der Waals surface area contributed by atoms with Crippen LogP contribution in [0.3, 0.4) is 0 Å². The molecule has 3 rings (SSSR count). The third-order valence-electron chi connectivity index (χ3n) is 4.32. The van der Waals surface area contributed by atoms with Gasteiger partial charge in [-0.15, -0.1) is 0 Å². The lowest BCUT2D eigenvalue weighted by Gasteiger charge is -2.21. The minimum Gasteiger partial charge on any atom is -0.309 e. The molecule has 0 unspecified atom stereocenters. The van der Waals surface area contributed by atoms with Crippen molar-refractivity contribution in [1.82, 2.24) is 15.1 Å². The molecule has 1 N–H and O–H groups in total. The summed E-state index contributed by atoms with van der Waals surface area (Å²) in [6.45, 7) is 2.60. The highest BCUT2D eigenvalue weighted by atomic mass is 19.1. The average Bonchev–Trinajstić information content (AvgIpc) is 3.09. The van der Waals surface area contributed by atoms with Gasteiger partial charge >= 0.3 is 0 Å². The minimum absolute atomic E-state index is 0.103. The van der Waals surface area contributed by atoms with Gasteiger partial charge in [0.2, 0.25) is 0 Å². The molecule has 1 aromatic heterocycles. The fraction of sp³-hybridized carbons (Fsp3) is 0.438. The molecule has 0 saturated heterocycles. The summed E-state index contributed by atoms with van der Waals surface area (Å²) in [4.78, 5) is 0. The van der Waals surface area contributed by atoms with Crippen molar-refractivity contribution in [3.63, 3.8) is 0 Å². The van der Waals surface area contributed by atoms with Crippen LogP contribution in [0.15, 0.2) is 30.6 Å². The summed E-state index contributed by atoms with van der Waals surface area (Å²) in [5.41, 5.74) is 0.907. The van der Waals surface area contributed by atoms with Crippen LogP contribution in [0.1, 0.15) is 36.9 Å². The van der Waals surface area contributed by atoms with E-state index in [9.17, 15) is 8.78 Å². The number of nitrogens with one attached hydrogen (secondary N) is 1. The van der Waals surface area contributed by atoms with E-state index < -0.39 is 17.0 Å². The van der Waals surface area contributed by atoms with Gasteiger partial charge in [0.15, 0.2) is 0 Å². The number of hydrogen-bond acceptors (Lipinski definition) is 2. The Morgan fingerprint density at radius 2 is 2.00 bits per heavy atom. The van der Waals surface area contributed by atoms with E-state index in [0.29, 0.717) is 6.54 Å². The first-order chi connectivity index (χ1) is 10.0. The lowest BCUT2D eigenvalue weighted by atomic mass is 9.94.